The van der Waals surface area contributed by atoms with E-state index in [1.165, 1.54) is 6.33 Å². The van der Waals surface area contributed by atoms with Gasteiger partial charge in [0.15, 0.2) is 5.82 Å². The molecule has 0 amide bonds. The molecule has 1 aromatic heterocycles. The lowest BCUT2D eigenvalue weighted by Gasteiger charge is -2.09. The zero-order valence-corrected chi connectivity index (χ0v) is 6.07. The van der Waals surface area contributed by atoms with Gasteiger partial charge in [-0.25, -0.2) is 4.98 Å². The summed E-state index contributed by atoms with van der Waals surface area (Å²) in [4.78, 5) is 3.82. The van der Waals surface area contributed by atoms with Crippen LogP contribution in [0.25, 0.3) is 0 Å². The molecule has 1 aromatic rings. The number of hydrogen-bond donors (Lipinski definition) is 2. The number of aliphatic hydroxyl groups excluding tert-OH is 1. The first-order valence-corrected chi connectivity index (χ1v) is 3.25. The Bertz CT molecular complexity index is 183. The molecule has 0 radical (unpaired) electrons. The Morgan fingerprint density at radius 1 is 1.60 bits per heavy atom. The van der Waals surface area contributed by atoms with Gasteiger partial charge in [0.2, 0.25) is 0 Å². The van der Waals surface area contributed by atoms with Gasteiger partial charge in [0.1, 0.15) is 12.4 Å². The minimum Gasteiger partial charge on any atom is -0.385 e. The highest BCUT2D eigenvalue weighted by Crippen LogP contribution is 2.15. The van der Waals surface area contributed by atoms with Crippen LogP contribution in [-0.4, -0.2) is 20.3 Å². The van der Waals surface area contributed by atoms with Crippen molar-refractivity contribution in [1.29, 1.82) is 0 Å². The Morgan fingerprint density at radius 3 is 2.70 bits per heavy atom. The summed E-state index contributed by atoms with van der Waals surface area (Å²) in [5.74, 6) is 0.711. The molecule has 0 bridgehead atoms. The molecule has 0 unspecified atom stereocenters. The minimum atomic E-state index is -0.525. The largest absolute Gasteiger partial charge is 0.385 e. The van der Waals surface area contributed by atoms with Crippen LogP contribution >= 0.6 is 0 Å². The molecular formula is C6H11N3O. The van der Waals surface area contributed by atoms with Crippen molar-refractivity contribution in [2.75, 3.05) is 0 Å². The van der Waals surface area contributed by atoms with Crippen LogP contribution in [0.15, 0.2) is 6.33 Å². The van der Waals surface area contributed by atoms with Gasteiger partial charge in [0.25, 0.3) is 0 Å². The SMILES string of the molecule is CC(C)[C@H](O)c1ncn[nH]1. The smallest absolute Gasteiger partial charge is 0.153 e. The monoisotopic (exact) mass is 141 g/mol. The highest BCUT2D eigenvalue weighted by molar-refractivity contribution is 4.87. The second kappa shape index (κ2) is 2.79. The van der Waals surface area contributed by atoms with Gasteiger partial charge in [0.05, 0.1) is 0 Å². The summed E-state index contributed by atoms with van der Waals surface area (Å²) >= 11 is 0. The van der Waals surface area contributed by atoms with Crippen LogP contribution in [-0.2, 0) is 0 Å². The fraction of sp³-hybridized carbons (Fsp3) is 0.667. The van der Waals surface area contributed by atoms with E-state index in [0.717, 1.165) is 0 Å². The lowest BCUT2D eigenvalue weighted by atomic mass is 10.1. The minimum absolute atomic E-state index is 0.174. The summed E-state index contributed by atoms with van der Waals surface area (Å²) in [5.41, 5.74) is 0. The van der Waals surface area contributed by atoms with E-state index in [-0.39, 0.29) is 5.92 Å². The molecule has 0 spiro atoms. The molecule has 0 aliphatic rings. The molecule has 0 fully saturated rings. The van der Waals surface area contributed by atoms with Gasteiger partial charge in [-0.2, -0.15) is 5.10 Å². The molecule has 0 aliphatic carbocycles. The Hall–Kier alpha value is -0.900. The lowest BCUT2D eigenvalue weighted by molar-refractivity contribution is 0.118. The number of aliphatic hydroxyl groups is 1. The third-order valence-electron chi connectivity index (χ3n) is 1.35. The van der Waals surface area contributed by atoms with Crippen molar-refractivity contribution in [1.82, 2.24) is 15.2 Å². The predicted octanol–water partition coefficient (Wildman–Crippen LogP) is 0.494. The van der Waals surface area contributed by atoms with Crippen LogP contribution < -0.4 is 0 Å². The molecular weight excluding hydrogens is 130 g/mol. The molecule has 0 aliphatic heterocycles. The summed E-state index contributed by atoms with van der Waals surface area (Å²) < 4.78 is 0. The average Bonchev–Trinajstić information content (AvgIpc) is 2.36. The van der Waals surface area contributed by atoms with E-state index in [9.17, 15) is 5.11 Å². The summed E-state index contributed by atoms with van der Waals surface area (Å²) in [6, 6.07) is 0. The fourth-order valence-corrected chi connectivity index (χ4v) is 0.673. The first-order chi connectivity index (χ1) is 4.72. The van der Waals surface area contributed by atoms with E-state index in [1.54, 1.807) is 0 Å². The molecule has 1 rings (SSSR count). The molecule has 1 atom stereocenters. The standard InChI is InChI=1S/C6H11N3O/c1-4(2)5(10)6-7-3-8-9-6/h3-5,10H,1-2H3,(H,7,8,9)/t5-/m0/s1. The third-order valence-corrected chi connectivity index (χ3v) is 1.35. The maximum atomic E-state index is 9.35. The number of aromatic nitrogens is 3. The van der Waals surface area contributed by atoms with E-state index in [0.29, 0.717) is 5.82 Å². The fourth-order valence-electron chi connectivity index (χ4n) is 0.673. The normalized spacial score (nSPS) is 14.0. The van der Waals surface area contributed by atoms with Crippen LogP contribution in [0.1, 0.15) is 25.8 Å². The van der Waals surface area contributed by atoms with Crippen molar-refractivity contribution in [3.05, 3.63) is 12.2 Å². The summed E-state index contributed by atoms with van der Waals surface area (Å²) in [5, 5.41) is 15.6. The van der Waals surface area contributed by atoms with E-state index in [2.05, 4.69) is 15.2 Å². The number of nitrogens with zero attached hydrogens (tertiary/aromatic N) is 2. The summed E-state index contributed by atoms with van der Waals surface area (Å²) in [6.07, 6.45) is 0.864. The van der Waals surface area contributed by atoms with Crippen LogP contribution in [0.3, 0.4) is 0 Å². The van der Waals surface area contributed by atoms with Crippen LogP contribution in [0.5, 0.6) is 0 Å². The van der Waals surface area contributed by atoms with Gasteiger partial charge in [-0.1, -0.05) is 13.8 Å². The number of aromatic amines is 1. The van der Waals surface area contributed by atoms with Crippen molar-refractivity contribution in [2.24, 2.45) is 5.92 Å². The van der Waals surface area contributed by atoms with Crippen molar-refractivity contribution in [3.63, 3.8) is 0 Å². The van der Waals surface area contributed by atoms with E-state index in [1.807, 2.05) is 13.8 Å². The second-order valence-corrected chi connectivity index (χ2v) is 2.56. The highest BCUT2D eigenvalue weighted by Gasteiger charge is 2.13. The maximum absolute atomic E-state index is 9.35. The van der Waals surface area contributed by atoms with Gasteiger partial charge >= 0.3 is 0 Å². The van der Waals surface area contributed by atoms with Crippen molar-refractivity contribution >= 4 is 0 Å². The molecule has 1 heterocycles. The molecule has 4 heteroatoms. The van der Waals surface area contributed by atoms with Crippen molar-refractivity contribution in [2.45, 2.75) is 20.0 Å². The zero-order chi connectivity index (χ0) is 7.56. The summed E-state index contributed by atoms with van der Waals surface area (Å²) in [6.45, 7) is 3.85. The van der Waals surface area contributed by atoms with E-state index < -0.39 is 6.10 Å². The van der Waals surface area contributed by atoms with Gasteiger partial charge in [-0.3, -0.25) is 5.10 Å². The molecule has 0 aromatic carbocycles. The molecule has 4 nitrogen and oxygen atoms in total. The van der Waals surface area contributed by atoms with Crippen molar-refractivity contribution < 1.29 is 5.11 Å². The molecule has 0 saturated carbocycles. The maximum Gasteiger partial charge on any atom is 0.153 e. The number of nitrogens with one attached hydrogen (secondary N) is 1. The topological polar surface area (TPSA) is 61.8 Å². The Balaban J connectivity index is 2.68. The predicted molar refractivity (Wildman–Crippen MR) is 36.2 cm³/mol. The van der Waals surface area contributed by atoms with E-state index >= 15 is 0 Å². The average molecular weight is 141 g/mol. The van der Waals surface area contributed by atoms with E-state index in [4.69, 9.17) is 0 Å². The first kappa shape index (κ1) is 7.21. The number of hydrogen-bond acceptors (Lipinski definition) is 3. The Kier molecular flexibility index (Phi) is 2.01. The molecule has 10 heavy (non-hydrogen) atoms. The first-order valence-electron chi connectivity index (χ1n) is 3.25. The van der Waals surface area contributed by atoms with Gasteiger partial charge < -0.3 is 5.11 Å². The second-order valence-electron chi connectivity index (χ2n) is 2.56. The van der Waals surface area contributed by atoms with Crippen LogP contribution in [0.4, 0.5) is 0 Å². The molecule has 2 N–H and O–H groups in total. The number of rotatable bonds is 2. The molecule has 56 valence electrons. The summed E-state index contributed by atoms with van der Waals surface area (Å²) in [7, 11) is 0. The third kappa shape index (κ3) is 1.33. The van der Waals surface area contributed by atoms with Gasteiger partial charge in [-0.15, -0.1) is 0 Å². The lowest BCUT2D eigenvalue weighted by Crippen LogP contribution is -2.07. The van der Waals surface area contributed by atoms with Gasteiger partial charge in [-0.05, 0) is 5.92 Å². The Labute approximate surface area is 59.3 Å². The number of H-pyrrole nitrogens is 1. The van der Waals surface area contributed by atoms with Crippen LogP contribution in [0, 0.1) is 5.92 Å². The van der Waals surface area contributed by atoms with Crippen molar-refractivity contribution in [3.8, 4) is 0 Å². The quantitative estimate of drug-likeness (QED) is 0.630. The molecule has 0 saturated heterocycles. The highest BCUT2D eigenvalue weighted by atomic mass is 16.3. The van der Waals surface area contributed by atoms with Crippen LogP contribution in [0.2, 0.25) is 0 Å². The zero-order valence-electron chi connectivity index (χ0n) is 6.07. The van der Waals surface area contributed by atoms with Gasteiger partial charge in [0, 0.05) is 0 Å². The Morgan fingerprint density at radius 2 is 2.30 bits per heavy atom.